The molecular weight excluding hydrogens is 162 g/mol. The van der Waals surface area contributed by atoms with Crippen LogP contribution in [-0.2, 0) is 14.3 Å². The topological polar surface area (TPSA) is 86.5 Å². The van der Waals surface area contributed by atoms with E-state index < -0.39 is 6.09 Å². The molecule has 0 bridgehead atoms. The maximum atomic E-state index is 9.60. The van der Waals surface area contributed by atoms with E-state index in [4.69, 9.17) is 9.59 Å². The van der Waals surface area contributed by atoms with Crippen molar-refractivity contribution in [2.75, 3.05) is 6.61 Å². The van der Waals surface area contributed by atoms with Gasteiger partial charge in [-0.15, -0.1) is 0 Å². The Bertz CT molecular complexity index is 152. The Labute approximate surface area is 70.5 Å². The van der Waals surface area contributed by atoms with Gasteiger partial charge in [-0.2, -0.15) is 0 Å². The third-order valence-electron chi connectivity index (χ3n) is 0.287. The van der Waals surface area contributed by atoms with Crippen molar-refractivity contribution in [1.29, 1.82) is 0 Å². The Morgan fingerprint density at radius 1 is 1.42 bits per heavy atom. The number of carbonyl (C=O) groups excluding carboxylic acids is 3. The molecule has 0 aliphatic carbocycles. The molecule has 68 valence electrons. The van der Waals surface area contributed by atoms with Crippen molar-refractivity contribution in [1.82, 2.24) is 0 Å². The molecular formula is C7H11NO4. The van der Waals surface area contributed by atoms with Crippen LogP contribution in [0.4, 0.5) is 4.79 Å². The van der Waals surface area contributed by atoms with Crippen LogP contribution in [0.5, 0.6) is 0 Å². The van der Waals surface area contributed by atoms with E-state index in [1.807, 2.05) is 0 Å². The van der Waals surface area contributed by atoms with Crippen LogP contribution in [0.25, 0.3) is 0 Å². The minimum Gasteiger partial charge on any atom is -0.450 e. The molecule has 1 amide bonds. The highest BCUT2D eigenvalue weighted by molar-refractivity contribution is 5.64. The molecule has 5 nitrogen and oxygen atoms in total. The first-order chi connectivity index (χ1) is 5.60. The van der Waals surface area contributed by atoms with E-state index in [0.29, 0.717) is 6.61 Å². The first-order valence-electron chi connectivity index (χ1n) is 2.81. The number of ether oxygens (including phenoxy) is 1. The van der Waals surface area contributed by atoms with Gasteiger partial charge >= 0.3 is 6.09 Å². The second kappa shape index (κ2) is 22.9. The van der Waals surface area contributed by atoms with E-state index in [0.717, 1.165) is 0 Å². The lowest BCUT2D eigenvalue weighted by molar-refractivity contribution is 0.163. The van der Waals surface area contributed by atoms with E-state index in [-0.39, 0.29) is 0 Å². The molecule has 0 aliphatic rings. The SMILES string of the molecule is C=C=O.C=C=O.CCOC(N)=O. The molecule has 0 aliphatic heterocycles. The zero-order valence-corrected chi connectivity index (χ0v) is 6.83. The van der Waals surface area contributed by atoms with Crippen molar-refractivity contribution >= 4 is 18.0 Å². The molecule has 2 N–H and O–H groups in total. The molecule has 0 aromatic rings. The van der Waals surface area contributed by atoms with Crippen molar-refractivity contribution < 1.29 is 19.1 Å². The molecule has 0 heterocycles. The van der Waals surface area contributed by atoms with Crippen molar-refractivity contribution in [2.24, 2.45) is 5.73 Å². The number of hydrogen-bond donors (Lipinski definition) is 1. The van der Waals surface area contributed by atoms with Crippen LogP contribution < -0.4 is 5.73 Å². The Hall–Kier alpha value is -1.83. The lowest BCUT2D eigenvalue weighted by Crippen LogP contribution is -2.11. The molecule has 5 heteroatoms. The predicted octanol–water partition coefficient (Wildman–Crippen LogP) is 0.110. The van der Waals surface area contributed by atoms with Gasteiger partial charge in [0.25, 0.3) is 0 Å². The summed E-state index contributed by atoms with van der Waals surface area (Å²) in [6.07, 6.45) is -0.711. The Balaban J connectivity index is -0.000000115. The highest BCUT2D eigenvalue weighted by Gasteiger charge is 1.82. The number of nitrogens with two attached hydrogens (primary N) is 1. The highest BCUT2D eigenvalue weighted by Crippen LogP contribution is 1.66. The van der Waals surface area contributed by atoms with Gasteiger partial charge in [0.05, 0.1) is 6.61 Å². The van der Waals surface area contributed by atoms with E-state index >= 15 is 0 Å². The van der Waals surface area contributed by atoms with Crippen LogP contribution in [0, 0.1) is 0 Å². The van der Waals surface area contributed by atoms with Crippen LogP contribution in [0.3, 0.4) is 0 Å². The average molecular weight is 173 g/mol. The second-order valence-electron chi connectivity index (χ2n) is 1.04. The Morgan fingerprint density at radius 2 is 1.67 bits per heavy atom. The molecule has 0 spiro atoms. The smallest absolute Gasteiger partial charge is 0.404 e. The van der Waals surface area contributed by atoms with E-state index in [1.165, 1.54) is 11.9 Å². The lowest BCUT2D eigenvalue weighted by Gasteiger charge is -1.89. The molecule has 0 fully saturated rings. The van der Waals surface area contributed by atoms with Crippen LogP contribution in [0.2, 0.25) is 0 Å². The molecule has 0 aromatic heterocycles. The van der Waals surface area contributed by atoms with Crippen molar-refractivity contribution in [2.45, 2.75) is 6.92 Å². The normalized spacial score (nSPS) is 5.08. The summed E-state index contributed by atoms with van der Waals surface area (Å²) in [5.41, 5.74) is 4.54. The largest absolute Gasteiger partial charge is 0.450 e. The average Bonchev–Trinajstić information content (AvgIpc) is 1.89. The quantitative estimate of drug-likeness (QED) is 0.570. The molecule has 0 unspecified atom stereocenters. The second-order valence-corrected chi connectivity index (χ2v) is 1.04. The minimum atomic E-state index is -0.711. The summed E-state index contributed by atoms with van der Waals surface area (Å²) in [5, 5.41) is 0. The monoisotopic (exact) mass is 173 g/mol. The summed E-state index contributed by atoms with van der Waals surface area (Å²) in [5.74, 6) is 2.50. The van der Waals surface area contributed by atoms with E-state index in [2.05, 4.69) is 23.6 Å². The van der Waals surface area contributed by atoms with Gasteiger partial charge in [0.1, 0.15) is 11.9 Å². The number of amides is 1. The molecule has 0 radical (unpaired) electrons. The van der Waals surface area contributed by atoms with E-state index in [9.17, 15) is 4.79 Å². The summed E-state index contributed by atoms with van der Waals surface area (Å²) < 4.78 is 4.18. The number of carbonyl (C=O) groups is 1. The maximum Gasteiger partial charge on any atom is 0.404 e. The highest BCUT2D eigenvalue weighted by atomic mass is 16.5. The molecule has 12 heavy (non-hydrogen) atoms. The van der Waals surface area contributed by atoms with Gasteiger partial charge in [0.15, 0.2) is 0 Å². The van der Waals surface area contributed by atoms with Gasteiger partial charge in [-0.05, 0) is 20.1 Å². The summed E-state index contributed by atoms with van der Waals surface area (Å²) in [4.78, 5) is 26.7. The van der Waals surface area contributed by atoms with Crippen LogP contribution in [0.1, 0.15) is 6.92 Å². The summed E-state index contributed by atoms with van der Waals surface area (Å²) in [6.45, 7) is 7.42. The van der Waals surface area contributed by atoms with Gasteiger partial charge < -0.3 is 10.5 Å². The van der Waals surface area contributed by atoms with Gasteiger partial charge in [0, 0.05) is 0 Å². The summed E-state index contributed by atoms with van der Waals surface area (Å²) in [7, 11) is 0. The Kier molecular flexibility index (Phi) is 31.7. The fourth-order valence-corrected chi connectivity index (χ4v) is 0.142. The van der Waals surface area contributed by atoms with Crippen molar-refractivity contribution in [3.8, 4) is 0 Å². The lowest BCUT2D eigenvalue weighted by atomic mass is 10.9. The maximum absolute atomic E-state index is 9.60. The zero-order chi connectivity index (χ0) is 10.4. The number of primary amides is 1. The predicted molar refractivity (Wildman–Crippen MR) is 43.9 cm³/mol. The fraction of sp³-hybridized carbons (Fsp3) is 0.286. The third kappa shape index (κ3) is 307. The number of hydrogen-bond acceptors (Lipinski definition) is 4. The van der Waals surface area contributed by atoms with Crippen molar-refractivity contribution in [3.63, 3.8) is 0 Å². The van der Waals surface area contributed by atoms with Crippen LogP contribution in [-0.4, -0.2) is 24.6 Å². The molecule has 0 saturated carbocycles. The zero-order valence-electron chi connectivity index (χ0n) is 6.83. The van der Waals surface area contributed by atoms with Gasteiger partial charge in [-0.1, -0.05) is 0 Å². The standard InChI is InChI=1S/C3H7NO2.2C2H2O/c1-2-6-3(4)5;2*1-2-3/h2H2,1H3,(H2,4,5);2*1H2. The first-order valence-corrected chi connectivity index (χ1v) is 2.81. The van der Waals surface area contributed by atoms with Crippen LogP contribution >= 0.6 is 0 Å². The molecule has 0 aromatic carbocycles. The Morgan fingerprint density at radius 3 is 1.67 bits per heavy atom. The number of rotatable bonds is 1. The molecule has 0 saturated heterocycles. The molecule has 0 rings (SSSR count). The fourth-order valence-electron chi connectivity index (χ4n) is 0.142. The minimum absolute atomic E-state index is 0.356. The van der Waals surface area contributed by atoms with Crippen LogP contribution in [0.15, 0.2) is 13.2 Å². The third-order valence-corrected chi connectivity index (χ3v) is 0.287. The summed E-state index contributed by atoms with van der Waals surface area (Å²) >= 11 is 0. The van der Waals surface area contributed by atoms with Crippen molar-refractivity contribution in [3.05, 3.63) is 13.2 Å². The van der Waals surface area contributed by atoms with Gasteiger partial charge in [-0.3, -0.25) is 0 Å². The summed E-state index contributed by atoms with van der Waals surface area (Å²) in [6, 6.07) is 0. The molecule has 0 atom stereocenters. The van der Waals surface area contributed by atoms with Gasteiger partial charge in [0.2, 0.25) is 0 Å². The first kappa shape index (κ1) is 16.6. The van der Waals surface area contributed by atoms with Gasteiger partial charge in [-0.25, -0.2) is 14.4 Å². The van der Waals surface area contributed by atoms with E-state index in [1.54, 1.807) is 6.92 Å².